The van der Waals surface area contributed by atoms with Crippen LogP contribution < -0.4 is 10.9 Å². The number of aliphatic hydroxyl groups is 1. The lowest BCUT2D eigenvalue weighted by molar-refractivity contribution is -0.157. The van der Waals surface area contributed by atoms with Gasteiger partial charge in [-0.1, -0.05) is 0 Å². The molecule has 164 valence electrons. The van der Waals surface area contributed by atoms with E-state index in [1.807, 2.05) is 6.07 Å². The van der Waals surface area contributed by atoms with Crippen LogP contribution in [0.25, 0.3) is 22.3 Å². The maximum Gasteiger partial charge on any atom is 0.340 e. The quantitative estimate of drug-likeness (QED) is 0.478. The van der Waals surface area contributed by atoms with E-state index in [1.165, 1.54) is 18.9 Å². The number of hydrogen-bond donors (Lipinski definition) is 2. The highest BCUT2D eigenvalue weighted by Crippen LogP contribution is 2.38. The number of cyclic esters (lactones) is 1. The molecular formula is C24H22FN3O4. The minimum Gasteiger partial charge on any atom is -0.458 e. The first-order valence-electron chi connectivity index (χ1n) is 10.9. The van der Waals surface area contributed by atoms with Crippen LogP contribution >= 0.6 is 0 Å². The van der Waals surface area contributed by atoms with Crippen LogP contribution in [0, 0.1) is 12.7 Å². The fourth-order valence-corrected chi connectivity index (χ4v) is 4.81. The molecule has 1 atom stereocenters. The van der Waals surface area contributed by atoms with Crippen molar-refractivity contribution >= 4 is 16.9 Å². The molecule has 1 fully saturated rings. The van der Waals surface area contributed by atoms with Crippen LogP contribution in [0.2, 0.25) is 0 Å². The molecule has 7 nitrogen and oxygen atoms in total. The van der Waals surface area contributed by atoms with E-state index in [0.717, 1.165) is 29.5 Å². The van der Waals surface area contributed by atoms with E-state index in [-0.39, 0.29) is 29.1 Å². The van der Waals surface area contributed by atoms with Crippen LogP contribution in [0.3, 0.4) is 0 Å². The van der Waals surface area contributed by atoms with Gasteiger partial charge < -0.3 is 19.7 Å². The molecule has 2 aromatic heterocycles. The number of hydrogen-bond acceptors (Lipinski definition) is 6. The number of carbonyl (C=O) groups is 1. The van der Waals surface area contributed by atoms with Gasteiger partial charge in [-0.3, -0.25) is 4.79 Å². The van der Waals surface area contributed by atoms with E-state index < -0.39 is 12.1 Å². The number of benzene rings is 1. The third-order valence-electron chi connectivity index (χ3n) is 6.74. The summed E-state index contributed by atoms with van der Waals surface area (Å²) < 4.78 is 21.0. The lowest BCUT2D eigenvalue weighted by Crippen LogP contribution is -2.32. The Hall–Kier alpha value is -3.10. The molecule has 2 aliphatic heterocycles. The molecule has 3 aromatic rings. The average Bonchev–Trinajstić information content (AvgIpc) is 3.52. The zero-order valence-corrected chi connectivity index (χ0v) is 17.6. The molecule has 1 aliphatic carbocycles. The van der Waals surface area contributed by atoms with Gasteiger partial charge in [-0.25, -0.2) is 14.2 Å². The summed E-state index contributed by atoms with van der Waals surface area (Å²) >= 11 is 0. The smallest absolute Gasteiger partial charge is 0.340 e. The fraction of sp³-hybridized carbons (Fsp3) is 0.375. The number of pyridine rings is 2. The summed E-state index contributed by atoms with van der Waals surface area (Å²) in [6.07, 6.45) is 1.61. The van der Waals surface area contributed by atoms with Gasteiger partial charge in [0.05, 0.1) is 29.0 Å². The number of nitrogens with zero attached hydrogens (tertiary/aromatic N) is 2. The van der Waals surface area contributed by atoms with Crippen LogP contribution in [-0.4, -0.2) is 33.2 Å². The van der Waals surface area contributed by atoms with Gasteiger partial charge in [-0.05, 0) is 56.0 Å². The third kappa shape index (κ3) is 2.90. The van der Waals surface area contributed by atoms with E-state index in [2.05, 4.69) is 5.32 Å². The highest BCUT2D eigenvalue weighted by molar-refractivity contribution is 5.89. The van der Waals surface area contributed by atoms with Crippen molar-refractivity contribution in [2.24, 2.45) is 0 Å². The van der Waals surface area contributed by atoms with Gasteiger partial charge in [0.1, 0.15) is 12.4 Å². The van der Waals surface area contributed by atoms with Crippen LogP contribution in [0.5, 0.6) is 0 Å². The largest absolute Gasteiger partial charge is 0.458 e. The van der Waals surface area contributed by atoms with Gasteiger partial charge in [0.25, 0.3) is 5.56 Å². The average molecular weight is 435 g/mol. The number of rotatable bonds is 4. The molecule has 2 N–H and O–H groups in total. The molecule has 0 spiro atoms. The number of aliphatic hydroxyl groups excluding tert-OH is 1. The molecule has 0 unspecified atom stereocenters. The highest BCUT2D eigenvalue weighted by Gasteiger charge is 2.34. The molecule has 1 saturated carbocycles. The van der Waals surface area contributed by atoms with E-state index >= 15 is 0 Å². The van der Waals surface area contributed by atoms with E-state index in [9.17, 15) is 19.1 Å². The summed E-state index contributed by atoms with van der Waals surface area (Å²) in [6, 6.07) is 5.50. The standard InChI is InChI=1S/C24H22FN3O4/c1-11-6-14-13(4-5-26-12-2-3-12)16-9-28-20(21(16)27-19(14)8-18(11)25)7-15-17(23(28)30)10-32-24(31)22(15)29/h6-8,12,22,26,29H,2-5,9-10H2,1H3/t22-/m0/s1. The molecule has 8 heteroatoms. The maximum absolute atomic E-state index is 14.4. The summed E-state index contributed by atoms with van der Waals surface area (Å²) in [6.45, 7) is 2.72. The van der Waals surface area contributed by atoms with Crippen LogP contribution in [0.4, 0.5) is 4.39 Å². The summed E-state index contributed by atoms with van der Waals surface area (Å²) in [7, 11) is 0. The van der Waals surface area contributed by atoms with Crippen molar-refractivity contribution in [2.75, 3.05) is 6.54 Å². The third-order valence-corrected chi connectivity index (χ3v) is 6.74. The maximum atomic E-state index is 14.4. The van der Waals surface area contributed by atoms with Crippen LogP contribution in [0.15, 0.2) is 23.0 Å². The summed E-state index contributed by atoms with van der Waals surface area (Å²) in [5.74, 6) is -1.10. The summed E-state index contributed by atoms with van der Waals surface area (Å²) in [5.41, 5.74) is 4.47. The molecule has 1 aromatic carbocycles. The van der Waals surface area contributed by atoms with Crippen LogP contribution in [-0.2, 0) is 29.1 Å². The number of nitrogens with one attached hydrogen (secondary N) is 1. The van der Waals surface area contributed by atoms with Gasteiger partial charge in [-0.2, -0.15) is 0 Å². The second-order valence-electron chi connectivity index (χ2n) is 8.88. The summed E-state index contributed by atoms with van der Waals surface area (Å²) in [4.78, 5) is 29.8. The predicted octanol–water partition coefficient (Wildman–Crippen LogP) is 2.26. The first-order chi connectivity index (χ1) is 15.4. The minimum atomic E-state index is -1.50. The lowest BCUT2D eigenvalue weighted by atomic mass is 9.96. The monoisotopic (exact) mass is 435 g/mol. The number of fused-ring (bicyclic) bond motifs is 5. The number of ether oxygens (including phenoxy) is 1. The zero-order chi connectivity index (χ0) is 22.1. The van der Waals surface area contributed by atoms with Crippen molar-refractivity contribution in [1.82, 2.24) is 14.9 Å². The number of aromatic nitrogens is 2. The van der Waals surface area contributed by atoms with Crippen molar-refractivity contribution in [1.29, 1.82) is 0 Å². The van der Waals surface area contributed by atoms with Crippen molar-refractivity contribution in [3.8, 4) is 11.4 Å². The molecule has 3 aliphatic rings. The van der Waals surface area contributed by atoms with Crippen molar-refractivity contribution in [3.63, 3.8) is 0 Å². The second-order valence-corrected chi connectivity index (χ2v) is 8.88. The first-order valence-corrected chi connectivity index (χ1v) is 10.9. The topological polar surface area (TPSA) is 93.5 Å². The molecule has 6 rings (SSSR count). The zero-order valence-electron chi connectivity index (χ0n) is 17.6. The first kappa shape index (κ1) is 19.6. The highest BCUT2D eigenvalue weighted by atomic mass is 19.1. The Morgan fingerprint density at radius 3 is 2.84 bits per heavy atom. The van der Waals surface area contributed by atoms with Gasteiger partial charge in [0.15, 0.2) is 6.10 Å². The summed E-state index contributed by atoms with van der Waals surface area (Å²) in [5, 5.41) is 14.7. The van der Waals surface area contributed by atoms with Gasteiger partial charge in [0.2, 0.25) is 0 Å². The van der Waals surface area contributed by atoms with E-state index in [4.69, 9.17) is 9.72 Å². The molecule has 0 saturated heterocycles. The predicted molar refractivity (Wildman–Crippen MR) is 115 cm³/mol. The SMILES string of the molecule is Cc1cc2c(CCNC3CC3)c3c(nc2cc1F)-c1cc2c(c(=O)n1C3)COC(=O)[C@H]2O. The van der Waals surface area contributed by atoms with Crippen LogP contribution in [0.1, 0.15) is 46.8 Å². The van der Waals surface area contributed by atoms with Gasteiger partial charge >= 0.3 is 5.97 Å². The molecule has 0 bridgehead atoms. The normalized spacial score (nSPS) is 19.0. The fourth-order valence-electron chi connectivity index (χ4n) is 4.81. The number of aryl methyl sites for hydroxylation is 1. The Morgan fingerprint density at radius 1 is 1.25 bits per heavy atom. The Balaban J connectivity index is 1.55. The molecule has 0 radical (unpaired) electrons. The number of halogens is 1. The number of esters is 1. The van der Waals surface area contributed by atoms with E-state index in [0.29, 0.717) is 35.1 Å². The molecule has 0 amide bonds. The van der Waals surface area contributed by atoms with Crippen molar-refractivity contribution in [3.05, 3.63) is 62.2 Å². The Labute approximate surface area is 182 Å². The molecular weight excluding hydrogens is 413 g/mol. The molecule has 32 heavy (non-hydrogen) atoms. The lowest BCUT2D eigenvalue weighted by Gasteiger charge is -2.21. The second kappa shape index (κ2) is 6.95. The van der Waals surface area contributed by atoms with E-state index in [1.54, 1.807) is 17.6 Å². The minimum absolute atomic E-state index is 0.154. The van der Waals surface area contributed by atoms with Gasteiger partial charge in [-0.15, -0.1) is 0 Å². The van der Waals surface area contributed by atoms with Gasteiger partial charge in [0, 0.05) is 28.6 Å². The Morgan fingerprint density at radius 2 is 2.06 bits per heavy atom. The molecule has 4 heterocycles. The Bertz CT molecular complexity index is 1380. The Kier molecular flexibility index (Phi) is 4.25. The number of carbonyl (C=O) groups excluding carboxylic acids is 1. The van der Waals surface area contributed by atoms with Crippen molar-refractivity contribution in [2.45, 2.75) is 51.5 Å². The van der Waals surface area contributed by atoms with Crippen molar-refractivity contribution < 1.29 is 19.0 Å².